The Bertz CT molecular complexity index is 1010. The quantitative estimate of drug-likeness (QED) is 0.314. The molecule has 0 aliphatic heterocycles. The second-order valence-corrected chi connectivity index (χ2v) is 7.72. The lowest BCUT2D eigenvalue weighted by molar-refractivity contribution is -0.137. The van der Waals surface area contributed by atoms with E-state index in [1.165, 1.54) is 30.0 Å². The van der Waals surface area contributed by atoms with Gasteiger partial charge in [0.25, 0.3) is 0 Å². The van der Waals surface area contributed by atoms with Crippen LogP contribution in [0.2, 0.25) is 0 Å². The first-order valence-electron chi connectivity index (χ1n) is 9.38. The predicted octanol–water partition coefficient (Wildman–Crippen LogP) is 5.51. The third-order valence-corrected chi connectivity index (χ3v) is 5.41. The molecular weight excluding hydrogens is 434 g/mol. The van der Waals surface area contributed by atoms with Crippen molar-refractivity contribution in [2.75, 3.05) is 13.7 Å². The lowest BCUT2D eigenvalue weighted by atomic mass is 10.1. The van der Waals surface area contributed by atoms with Crippen LogP contribution in [-0.4, -0.2) is 28.5 Å². The smallest absolute Gasteiger partial charge is 0.416 e. The molecule has 3 aromatic rings. The molecule has 166 valence electrons. The summed E-state index contributed by atoms with van der Waals surface area (Å²) in [6, 6.07) is 11.0. The third kappa shape index (κ3) is 5.98. The molecule has 0 saturated carbocycles. The highest BCUT2D eigenvalue weighted by atomic mass is 32.2. The van der Waals surface area contributed by atoms with E-state index in [1.807, 2.05) is 6.92 Å². The molecule has 0 fully saturated rings. The first kappa shape index (κ1) is 23.1. The van der Waals surface area contributed by atoms with Crippen molar-refractivity contribution in [3.05, 3.63) is 71.3 Å². The number of hydrogen-bond acceptors (Lipinski definition) is 5. The molecule has 1 aromatic heterocycles. The van der Waals surface area contributed by atoms with Crippen molar-refractivity contribution in [2.24, 2.45) is 0 Å². The second kappa shape index (κ2) is 10.1. The molecule has 0 saturated heterocycles. The van der Waals surface area contributed by atoms with E-state index in [9.17, 15) is 17.6 Å². The van der Waals surface area contributed by atoms with Crippen LogP contribution < -0.4 is 4.74 Å². The van der Waals surface area contributed by atoms with Crippen LogP contribution >= 0.6 is 11.8 Å². The van der Waals surface area contributed by atoms with Crippen molar-refractivity contribution < 1.29 is 27.0 Å². The fourth-order valence-corrected chi connectivity index (χ4v) is 3.95. The average molecular weight is 455 g/mol. The zero-order valence-corrected chi connectivity index (χ0v) is 17.7. The largest absolute Gasteiger partial charge is 0.483 e. The predicted molar refractivity (Wildman–Crippen MR) is 108 cm³/mol. The number of rotatable bonds is 9. The topological polar surface area (TPSA) is 49.2 Å². The van der Waals surface area contributed by atoms with Crippen LogP contribution in [0.15, 0.2) is 53.7 Å². The number of halogens is 4. The van der Waals surface area contributed by atoms with Gasteiger partial charge in [-0.15, -0.1) is 10.2 Å². The van der Waals surface area contributed by atoms with Gasteiger partial charge in [0, 0.05) is 12.9 Å². The number of para-hydroxylation sites is 1. The summed E-state index contributed by atoms with van der Waals surface area (Å²) < 4.78 is 65.3. The van der Waals surface area contributed by atoms with Gasteiger partial charge in [-0.3, -0.25) is 4.57 Å². The Morgan fingerprint density at radius 1 is 1.10 bits per heavy atom. The summed E-state index contributed by atoms with van der Waals surface area (Å²) in [5.41, 5.74) is -0.184. The molecule has 2 aromatic carbocycles. The summed E-state index contributed by atoms with van der Waals surface area (Å²) in [5, 5.41) is 8.82. The normalized spacial score (nSPS) is 12.7. The van der Waals surface area contributed by atoms with Crippen LogP contribution in [0.4, 0.5) is 17.6 Å². The number of benzene rings is 2. The van der Waals surface area contributed by atoms with Gasteiger partial charge >= 0.3 is 6.18 Å². The van der Waals surface area contributed by atoms with E-state index in [-0.39, 0.29) is 24.2 Å². The second-order valence-electron chi connectivity index (χ2n) is 6.78. The molecule has 0 amide bonds. The number of ether oxygens (including phenoxy) is 2. The van der Waals surface area contributed by atoms with Crippen molar-refractivity contribution in [2.45, 2.75) is 36.7 Å². The summed E-state index contributed by atoms with van der Waals surface area (Å²) >= 11 is 1.26. The van der Waals surface area contributed by atoms with Crippen molar-refractivity contribution in [1.82, 2.24) is 14.8 Å². The van der Waals surface area contributed by atoms with E-state index in [4.69, 9.17) is 9.47 Å². The third-order valence-electron chi connectivity index (χ3n) is 4.40. The molecule has 10 heteroatoms. The minimum atomic E-state index is -4.40. The fraction of sp³-hybridized carbons (Fsp3) is 0.333. The van der Waals surface area contributed by atoms with Gasteiger partial charge in [-0.25, -0.2) is 4.39 Å². The maximum Gasteiger partial charge on any atom is 0.416 e. The summed E-state index contributed by atoms with van der Waals surface area (Å²) in [7, 11) is 1.56. The Kier molecular flexibility index (Phi) is 7.55. The number of hydrogen-bond donors (Lipinski definition) is 0. The van der Waals surface area contributed by atoms with Gasteiger partial charge in [0.15, 0.2) is 22.5 Å². The monoisotopic (exact) mass is 455 g/mol. The Balaban J connectivity index is 1.78. The average Bonchev–Trinajstić information content (AvgIpc) is 3.14. The molecule has 1 atom stereocenters. The molecule has 0 aliphatic carbocycles. The lowest BCUT2D eigenvalue weighted by Gasteiger charge is -2.17. The Morgan fingerprint density at radius 2 is 1.87 bits per heavy atom. The molecule has 31 heavy (non-hydrogen) atoms. The summed E-state index contributed by atoms with van der Waals surface area (Å²) in [5.74, 6) is 0.335. The van der Waals surface area contributed by atoms with E-state index in [2.05, 4.69) is 10.2 Å². The molecule has 1 heterocycles. The highest BCUT2D eigenvalue weighted by molar-refractivity contribution is 7.98. The molecule has 0 bridgehead atoms. The highest BCUT2D eigenvalue weighted by Gasteiger charge is 2.30. The molecule has 0 radical (unpaired) electrons. The molecule has 3 rings (SSSR count). The first-order chi connectivity index (χ1) is 14.8. The zero-order chi connectivity index (χ0) is 22.4. The minimum Gasteiger partial charge on any atom is -0.483 e. The molecular formula is C21H21F4N3O2S. The molecule has 0 spiro atoms. The number of alkyl halides is 3. The first-order valence-corrected chi connectivity index (χ1v) is 10.4. The van der Waals surface area contributed by atoms with Gasteiger partial charge in [-0.05, 0) is 30.7 Å². The number of methoxy groups -OCH3 is 1. The van der Waals surface area contributed by atoms with Crippen molar-refractivity contribution in [1.29, 1.82) is 0 Å². The van der Waals surface area contributed by atoms with Crippen molar-refractivity contribution in [3.63, 3.8) is 0 Å². The molecule has 0 aliphatic rings. The highest BCUT2D eigenvalue weighted by Crippen LogP contribution is 2.32. The summed E-state index contributed by atoms with van der Waals surface area (Å²) in [4.78, 5) is 0. The Hall–Kier alpha value is -2.59. The van der Waals surface area contributed by atoms with Gasteiger partial charge in [0.05, 0.1) is 18.2 Å². The van der Waals surface area contributed by atoms with E-state index >= 15 is 0 Å². The van der Waals surface area contributed by atoms with Gasteiger partial charge < -0.3 is 9.47 Å². The van der Waals surface area contributed by atoms with Crippen LogP contribution in [0.3, 0.4) is 0 Å². The van der Waals surface area contributed by atoms with Crippen molar-refractivity contribution in [3.8, 4) is 5.75 Å². The lowest BCUT2D eigenvalue weighted by Crippen LogP contribution is -2.16. The minimum absolute atomic E-state index is 0.0217. The SMILES string of the molecule is COCC(C)n1c(COc2ccccc2F)nnc1SCc1cccc(C(F)(F)F)c1. The van der Waals surface area contributed by atoms with E-state index < -0.39 is 17.6 Å². The van der Waals surface area contributed by atoms with E-state index in [0.717, 1.165) is 12.1 Å². The van der Waals surface area contributed by atoms with Gasteiger partial charge in [0.2, 0.25) is 0 Å². The van der Waals surface area contributed by atoms with Crippen LogP contribution in [0.5, 0.6) is 5.75 Å². The van der Waals surface area contributed by atoms with E-state index in [0.29, 0.717) is 23.2 Å². The summed E-state index contributed by atoms with van der Waals surface area (Å²) in [6.07, 6.45) is -4.40. The zero-order valence-electron chi connectivity index (χ0n) is 16.9. The van der Waals surface area contributed by atoms with Crippen LogP contribution in [0, 0.1) is 5.82 Å². The summed E-state index contributed by atoms with van der Waals surface area (Å²) in [6.45, 7) is 2.24. The Labute approximate surface area is 181 Å². The maximum atomic E-state index is 13.8. The Morgan fingerprint density at radius 3 is 2.58 bits per heavy atom. The number of thioether (sulfide) groups is 1. The maximum absolute atomic E-state index is 13.8. The van der Waals surface area contributed by atoms with Crippen LogP contribution in [0.25, 0.3) is 0 Å². The fourth-order valence-electron chi connectivity index (χ4n) is 2.95. The van der Waals surface area contributed by atoms with Crippen molar-refractivity contribution >= 4 is 11.8 Å². The standard InChI is InChI=1S/C21H21F4N3O2S/c1-14(11-29-2)28-19(12-30-18-9-4-3-8-17(18)22)26-27-20(28)31-13-15-6-5-7-16(10-15)21(23,24)25/h3-10,14H,11-13H2,1-2H3. The molecule has 0 N–H and O–H groups in total. The van der Waals surface area contributed by atoms with E-state index in [1.54, 1.807) is 29.9 Å². The number of aromatic nitrogens is 3. The van der Waals surface area contributed by atoms with Crippen LogP contribution in [-0.2, 0) is 23.3 Å². The van der Waals surface area contributed by atoms with Gasteiger partial charge in [0.1, 0.15) is 6.61 Å². The van der Waals surface area contributed by atoms with Gasteiger partial charge in [-0.1, -0.05) is 42.1 Å². The van der Waals surface area contributed by atoms with Crippen LogP contribution in [0.1, 0.15) is 29.9 Å². The molecule has 1 unspecified atom stereocenters. The molecule has 5 nitrogen and oxygen atoms in total. The number of nitrogens with zero attached hydrogens (tertiary/aromatic N) is 3. The van der Waals surface area contributed by atoms with Gasteiger partial charge in [-0.2, -0.15) is 13.2 Å².